The molecule has 1 amide bonds. The Morgan fingerprint density at radius 1 is 1.32 bits per heavy atom. The van der Waals surface area contributed by atoms with Crippen molar-refractivity contribution in [3.8, 4) is 5.75 Å². The van der Waals surface area contributed by atoms with Crippen LogP contribution >= 0.6 is 11.6 Å². The predicted molar refractivity (Wildman–Crippen MR) is 97.9 cm³/mol. The van der Waals surface area contributed by atoms with Crippen molar-refractivity contribution in [1.82, 2.24) is 14.7 Å². The van der Waals surface area contributed by atoms with Crippen molar-refractivity contribution in [2.45, 2.75) is 45.7 Å². The Morgan fingerprint density at radius 3 is 2.80 bits per heavy atom. The lowest BCUT2D eigenvalue weighted by atomic mass is 10.0. The van der Waals surface area contributed by atoms with E-state index in [-0.39, 0.29) is 11.4 Å². The average molecular weight is 362 g/mol. The lowest BCUT2D eigenvalue weighted by Gasteiger charge is -2.30. The van der Waals surface area contributed by atoms with Gasteiger partial charge in [0, 0.05) is 30.8 Å². The lowest BCUT2D eigenvalue weighted by Crippen LogP contribution is -2.38. The summed E-state index contributed by atoms with van der Waals surface area (Å²) in [5.74, 6) is 0.713. The van der Waals surface area contributed by atoms with E-state index in [1.54, 1.807) is 12.1 Å². The van der Waals surface area contributed by atoms with Crippen molar-refractivity contribution in [2.24, 2.45) is 0 Å². The normalized spacial score (nSPS) is 14.3. The number of ether oxygens (including phenoxy) is 1. The van der Waals surface area contributed by atoms with Crippen LogP contribution in [0.1, 0.15) is 38.4 Å². The highest BCUT2D eigenvalue weighted by molar-refractivity contribution is 6.32. The fourth-order valence-electron chi connectivity index (χ4n) is 3.09. The van der Waals surface area contributed by atoms with E-state index in [9.17, 15) is 4.79 Å². The number of benzene rings is 1. The zero-order valence-corrected chi connectivity index (χ0v) is 15.7. The van der Waals surface area contributed by atoms with Crippen LogP contribution in [0.2, 0.25) is 5.02 Å². The van der Waals surface area contributed by atoms with E-state index in [1.165, 1.54) is 5.69 Å². The molecule has 6 heteroatoms. The highest BCUT2D eigenvalue weighted by Crippen LogP contribution is 2.25. The van der Waals surface area contributed by atoms with Crippen LogP contribution in [-0.4, -0.2) is 33.7 Å². The second-order valence-electron chi connectivity index (χ2n) is 7.29. The molecular formula is C19H24ClN3O2. The zero-order chi connectivity index (χ0) is 18.0. The van der Waals surface area contributed by atoms with Gasteiger partial charge in [0.25, 0.3) is 0 Å². The molecule has 0 radical (unpaired) electrons. The largest absolute Gasteiger partial charge is 0.491 e. The minimum Gasteiger partial charge on any atom is -0.491 e. The molecule has 0 N–H and O–H groups in total. The molecule has 25 heavy (non-hydrogen) atoms. The van der Waals surface area contributed by atoms with E-state index in [0.29, 0.717) is 30.3 Å². The summed E-state index contributed by atoms with van der Waals surface area (Å²) in [7, 11) is 0. The molecule has 5 nitrogen and oxygen atoms in total. The monoisotopic (exact) mass is 361 g/mol. The van der Waals surface area contributed by atoms with E-state index in [2.05, 4.69) is 30.6 Å². The maximum Gasteiger partial charge on any atom is 0.226 e. The van der Waals surface area contributed by atoms with Gasteiger partial charge in [-0.3, -0.25) is 9.48 Å². The number of amides is 1. The number of carbonyl (C=O) groups excluding carboxylic acids is 1. The van der Waals surface area contributed by atoms with Gasteiger partial charge in [-0.15, -0.1) is 0 Å². The molecule has 0 aliphatic carbocycles. The van der Waals surface area contributed by atoms with E-state index >= 15 is 0 Å². The van der Waals surface area contributed by atoms with Gasteiger partial charge in [0.15, 0.2) is 0 Å². The van der Waals surface area contributed by atoms with Crippen LogP contribution < -0.4 is 4.74 Å². The molecule has 0 unspecified atom stereocenters. The number of carbonyl (C=O) groups is 1. The molecule has 0 saturated heterocycles. The smallest absolute Gasteiger partial charge is 0.226 e. The molecule has 0 atom stereocenters. The first-order chi connectivity index (χ1) is 11.9. The van der Waals surface area contributed by atoms with Gasteiger partial charge in [-0.1, -0.05) is 23.7 Å². The third kappa shape index (κ3) is 3.98. The average Bonchev–Trinajstić information content (AvgIpc) is 2.99. The zero-order valence-electron chi connectivity index (χ0n) is 15.0. The number of para-hydroxylation sites is 1. The van der Waals surface area contributed by atoms with Crippen molar-refractivity contribution in [3.63, 3.8) is 0 Å². The number of rotatable bonds is 4. The summed E-state index contributed by atoms with van der Waals surface area (Å²) < 4.78 is 7.69. The standard InChI is InChI=1S/C19H24ClN3O2/c1-19(2,3)23-16-8-10-22(13-14(16)12-21-23)18(24)9-11-25-17-7-5-4-6-15(17)20/h4-7,12H,8-11,13H2,1-3H3. The fraction of sp³-hybridized carbons (Fsp3) is 0.474. The highest BCUT2D eigenvalue weighted by atomic mass is 35.5. The maximum absolute atomic E-state index is 12.5. The molecule has 0 bridgehead atoms. The second kappa shape index (κ2) is 7.08. The number of fused-ring (bicyclic) bond motifs is 1. The molecule has 1 aromatic carbocycles. The minimum absolute atomic E-state index is 0.0391. The Bertz CT molecular complexity index is 764. The molecule has 0 spiro atoms. The van der Waals surface area contributed by atoms with Crippen molar-refractivity contribution in [1.29, 1.82) is 0 Å². The van der Waals surface area contributed by atoms with Gasteiger partial charge >= 0.3 is 0 Å². The Kier molecular flexibility index (Phi) is 5.04. The van der Waals surface area contributed by atoms with E-state index in [0.717, 1.165) is 18.5 Å². The predicted octanol–water partition coefficient (Wildman–Crippen LogP) is 3.65. The summed E-state index contributed by atoms with van der Waals surface area (Å²) in [6.45, 7) is 8.10. The maximum atomic E-state index is 12.5. The van der Waals surface area contributed by atoms with Gasteiger partial charge in [-0.25, -0.2) is 0 Å². The van der Waals surface area contributed by atoms with Crippen molar-refractivity contribution >= 4 is 17.5 Å². The van der Waals surface area contributed by atoms with E-state index in [1.807, 2.05) is 23.2 Å². The third-order valence-corrected chi connectivity index (χ3v) is 4.65. The first-order valence-electron chi connectivity index (χ1n) is 8.57. The Hall–Kier alpha value is -2.01. The minimum atomic E-state index is -0.0391. The molecule has 0 saturated carbocycles. The quantitative estimate of drug-likeness (QED) is 0.835. The molecule has 3 rings (SSSR count). The van der Waals surface area contributed by atoms with Gasteiger partial charge in [0.1, 0.15) is 5.75 Å². The number of halogens is 1. The Labute approximate surface area is 153 Å². The molecule has 2 heterocycles. The number of nitrogens with zero attached hydrogens (tertiary/aromatic N) is 3. The van der Waals surface area contributed by atoms with Crippen LogP contribution in [0, 0.1) is 0 Å². The van der Waals surface area contributed by atoms with Crippen LogP contribution in [0.3, 0.4) is 0 Å². The summed E-state index contributed by atoms with van der Waals surface area (Å²) >= 11 is 6.05. The van der Waals surface area contributed by atoms with Gasteiger partial charge in [0.05, 0.1) is 29.8 Å². The van der Waals surface area contributed by atoms with Gasteiger partial charge in [0.2, 0.25) is 5.91 Å². The van der Waals surface area contributed by atoms with Crippen LogP contribution in [0.25, 0.3) is 0 Å². The summed E-state index contributed by atoms with van der Waals surface area (Å²) in [5, 5.41) is 5.08. The third-order valence-electron chi connectivity index (χ3n) is 4.33. The Morgan fingerprint density at radius 2 is 2.08 bits per heavy atom. The van der Waals surface area contributed by atoms with E-state index in [4.69, 9.17) is 16.3 Å². The summed E-state index contributed by atoms with van der Waals surface area (Å²) in [6, 6.07) is 7.30. The van der Waals surface area contributed by atoms with E-state index < -0.39 is 0 Å². The lowest BCUT2D eigenvalue weighted by molar-refractivity contribution is -0.132. The number of hydrogen-bond acceptors (Lipinski definition) is 3. The first-order valence-corrected chi connectivity index (χ1v) is 8.95. The Balaban J connectivity index is 1.56. The van der Waals surface area contributed by atoms with Crippen molar-refractivity contribution < 1.29 is 9.53 Å². The molecule has 1 aromatic heterocycles. The molecule has 1 aliphatic rings. The first kappa shape index (κ1) is 17.8. The number of aromatic nitrogens is 2. The number of hydrogen-bond donors (Lipinski definition) is 0. The van der Waals surface area contributed by atoms with Crippen LogP contribution in [0.5, 0.6) is 5.75 Å². The van der Waals surface area contributed by atoms with Crippen LogP contribution in [0.15, 0.2) is 30.5 Å². The molecule has 134 valence electrons. The summed E-state index contributed by atoms with van der Waals surface area (Å²) in [5.41, 5.74) is 2.34. The summed E-state index contributed by atoms with van der Waals surface area (Å²) in [6.07, 6.45) is 3.07. The topological polar surface area (TPSA) is 47.4 Å². The molecule has 2 aromatic rings. The van der Waals surface area contributed by atoms with Gasteiger partial charge in [-0.05, 0) is 32.9 Å². The van der Waals surface area contributed by atoms with Crippen molar-refractivity contribution in [2.75, 3.05) is 13.2 Å². The van der Waals surface area contributed by atoms with Crippen LogP contribution in [-0.2, 0) is 23.3 Å². The van der Waals surface area contributed by atoms with Gasteiger partial charge in [-0.2, -0.15) is 5.10 Å². The fourth-order valence-corrected chi connectivity index (χ4v) is 3.28. The molecule has 1 aliphatic heterocycles. The SMILES string of the molecule is CC(C)(C)n1ncc2c1CCN(C(=O)CCOc1ccccc1Cl)C2. The van der Waals surface area contributed by atoms with Gasteiger partial charge < -0.3 is 9.64 Å². The van der Waals surface area contributed by atoms with Crippen LogP contribution in [0.4, 0.5) is 0 Å². The highest BCUT2D eigenvalue weighted by Gasteiger charge is 2.27. The second-order valence-corrected chi connectivity index (χ2v) is 7.70. The van der Waals surface area contributed by atoms with Crippen molar-refractivity contribution in [3.05, 3.63) is 46.7 Å². The molecule has 0 fully saturated rings. The summed E-state index contributed by atoms with van der Waals surface area (Å²) in [4.78, 5) is 14.4. The molecular weight excluding hydrogens is 338 g/mol.